The third kappa shape index (κ3) is 7.97. The average molecular weight is 621 g/mol. The van der Waals surface area contributed by atoms with Crippen LogP contribution >= 0.6 is 0 Å². The maximum absolute atomic E-state index is 12.9. The Hall–Kier alpha value is -1.19. The van der Waals surface area contributed by atoms with Crippen LogP contribution < -0.4 is 10.6 Å². The fourth-order valence-corrected chi connectivity index (χ4v) is 11.4. The number of likely N-dealkylation sites (tertiary alicyclic amines) is 2. The van der Waals surface area contributed by atoms with E-state index in [9.17, 15) is 18.0 Å². The summed E-state index contributed by atoms with van der Waals surface area (Å²) < 4.78 is 24.7. The third-order valence-electron chi connectivity index (χ3n) is 12.1. The number of nitrogens with zero attached hydrogens (tertiary/aromatic N) is 2. The molecule has 6 fully saturated rings. The van der Waals surface area contributed by atoms with E-state index in [0.717, 1.165) is 56.9 Å². The highest BCUT2D eigenvalue weighted by Crippen LogP contribution is 2.39. The third-order valence-corrected chi connectivity index (χ3v) is 14.4. The molecule has 3 aliphatic heterocycles. The van der Waals surface area contributed by atoms with Crippen molar-refractivity contribution in [3.8, 4) is 0 Å². The number of nitrogens with one attached hydrogen (secondary N) is 2. The van der Waals surface area contributed by atoms with Gasteiger partial charge in [0.1, 0.15) is 0 Å². The second-order valence-corrected chi connectivity index (χ2v) is 17.1. The summed E-state index contributed by atoms with van der Waals surface area (Å²) in [7, 11) is 0.759. The zero-order valence-corrected chi connectivity index (χ0v) is 27.9. The van der Waals surface area contributed by atoms with Crippen molar-refractivity contribution in [2.24, 2.45) is 17.8 Å². The smallest absolute Gasteiger partial charge is 0.239 e. The molecule has 9 heteroatoms. The standard InChI is InChI=1S/C18H32N2O.C16H28N2O3S/c1-19-16-12-11-15-9-6-10-17(15)20(18(16)21)13-14-7-4-2-3-5-8-14;1-17-14-9-8-12-5-4-7-15(12)18(16(14)19)11-13-6-2-3-10-22(13,20)21/h14-17,19H,2-13H2,1H3;12-15,17H,2-11H2,1H3. The van der Waals surface area contributed by atoms with Crippen LogP contribution in [0.4, 0.5) is 0 Å². The molecule has 2 N–H and O–H groups in total. The Bertz CT molecular complexity index is 1030. The van der Waals surface area contributed by atoms with Crippen molar-refractivity contribution in [3.05, 3.63) is 0 Å². The van der Waals surface area contributed by atoms with Crippen LogP contribution in [0.5, 0.6) is 0 Å². The number of carbonyl (C=O) groups is 2. The van der Waals surface area contributed by atoms with Crippen molar-refractivity contribution in [2.75, 3.05) is 32.9 Å². The number of likely N-dealkylation sites (N-methyl/N-ethyl adjacent to an activating group) is 2. The molecule has 6 rings (SSSR count). The van der Waals surface area contributed by atoms with E-state index >= 15 is 0 Å². The van der Waals surface area contributed by atoms with E-state index in [-0.39, 0.29) is 29.3 Å². The number of hydrogen-bond donors (Lipinski definition) is 2. The number of fused-ring (bicyclic) bond motifs is 2. The summed E-state index contributed by atoms with van der Waals surface area (Å²) in [5.74, 6) is 2.91. The quantitative estimate of drug-likeness (QED) is 0.419. The second-order valence-electron chi connectivity index (χ2n) is 14.7. The topological polar surface area (TPSA) is 98.8 Å². The van der Waals surface area contributed by atoms with E-state index < -0.39 is 9.84 Å². The number of rotatable bonds is 6. The van der Waals surface area contributed by atoms with Crippen molar-refractivity contribution in [1.29, 1.82) is 0 Å². The Labute approximate surface area is 261 Å². The maximum Gasteiger partial charge on any atom is 0.239 e. The molecular weight excluding hydrogens is 560 g/mol. The first-order valence-corrected chi connectivity index (χ1v) is 19.7. The normalized spacial score (nSPS) is 37.0. The highest BCUT2D eigenvalue weighted by Gasteiger charge is 2.43. The van der Waals surface area contributed by atoms with Crippen LogP contribution in [0.1, 0.15) is 122 Å². The average Bonchev–Trinajstić information content (AvgIpc) is 3.52. The lowest BCUT2D eigenvalue weighted by Gasteiger charge is -2.36. The lowest BCUT2D eigenvalue weighted by molar-refractivity contribution is -0.136. The summed E-state index contributed by atoms with van der Waals surface area (Å²) in [6.07, 6.45) is 22.2. The van der Waals surface area contributed by atoms with Gasteiger partial charge in [0, 0.05) is 25.2 Å². The zero-order chi connectivity index (χ0) is 30.4. The monoisotopic (exact) mass is 620 g/mol. The van der Waals surface area contributed by atoms with Gasteiger partial charge in [-0.2, -0.15) is 0 Å². The lowest BCUT2D eigenvalue weighted by atomic mass is 9.95. The summed E-state index contributed by atoms with van der Waals surface area (Å²) in [5, 5.41) is 6.06. The van der Waals surface area contributed by atoms with Gasteiger partial charge in [-0.3, -0.25) is 9.59 Å². The van der Waals surface area contributed by atoms with Gasteiger partial charge in [-0.05, 0) is 109 Å². The molecule has 0 aromatic rings. The van der Waals surface area contributed by atoms with Gasteiger partial charge in [-0.15, -0.1) is 0 Å². The zero-order valence-electron chi connectivity index (χ0n) is 27.1. The summed E-state index contributed by atoms with van der Waals surface area (Å²) in [6.45, 7) is 1.46. The Morgan fingerprint density at radius 1 is 0.581 bits per heavy atom. The molecule has 0 aromatic heterocycles. The summed E-state index contributed by atoms with van der Waals surface area (Å²) >= 11 is 0. The summed E-state index contributed by atoms with van der Waals surface area (Å²) in [5.41, 5.74) is 0. The van der Waals surface area contributed by atoms with E-state index in [4.69, 9.17) is 0 Å². The molecule has 246 valence electrons. The number of sulfone groups is 1. The lowest BCUT2D eigenvalue weighted by Crippen LogP contribution is -2.52. The molecule has 0 spiro atoms. The van der Waals surface area contributed by atoms with Crippen molar-refractivity contribution in [1.82, 2.24) is 20.4 Å². The van der Waals surface area contributed by atoms with Gasteiger partial charge in [0.15, 0.2) is 9.84 Å². The Kier molecular flexibility index (Phi) is 11.9. The Balaban J connectivity index is 0.000000171. The van der Waals surface area contributed by atoms with Crippen LogP contribution in [0.25, 0.3) is 0 Å². The fraction of sp³-hybridized carbons (Fsp3) is 0.941. The fourth-order valence-electron chi connectivity index (χ4n) is 9.52. The number of amides is 2. The summed E-state index contributed by atoms with van der Waals surface area (Å²) in [4.78, 5) is 30.1. The molecule has 43 heavy (non-hydrogen) atoms. The van der Waals surface area contributed by atoms with Crippen LogP contribution in [0.15, 0.2) is 0 Å². The highest BCUT2D eigenvalue weighted by atomic mass is 32.2. The van der Waals surface area contributed by atoms with Gasteiger partial charge < -0.3 is 20.4 Å². The molecule has 7 unspecified atom stereocenters. The van der Waals surface area contributed by atoms with Crippen LogP contribution in [-0.2, 0) is 19.4 Å². The van der Waals surface area contributed by atoms with E-state index in [2.05, 4.69) is 15.5 Å². The molecule has 3 aliphatic carbocycles. The van der Waals surface area contributed by atoms with Crippen molar-refractivity contribution in [2.45, 2.75) is 151 Å². The molecule has 0 radical (unpaired) electrons. The molecule has 0 aromatic carbocycles. The first-order valence-electron chi connectivity index (χ1n) is 18.0. The minimum absolute atomic E-state index is 0.0707. The van der Waals surface area contributed by atoms with E-state index in [1.165, 1.54) is 77.0 Å². The molecule has 8 nitrogen and oxygen atoms in total. The molecule has 0 bridgehead atoms. The first-order chi connectivity index (χ1) is 20.8. The van der Waals surface area contributed by atoms with Gasteiger partial charge in [-0.25, -0.2) is 8.42 Å². The van der Waals surface area contributed by atoms with E-state index in [1.54, 1.807) is 0 Å². The number of carbonyl (C=O) groups excluding carboxylic acids is 2. The van der Waals surface area contributed by atoms with Gasteiger partial charge in [-0.1, -0.05) is 44.9 Å². The SMILES string of the molecule is CNC1CCC2CCCC2N(CC2CCCCCC2)C1=O.CNC1CCC2CCCC2N(CC2CCCCS2(=O)=O)C1=O. The Morgan fingerprint density at radius 3 is 1.60 bits per heavy atom. The highest BCUT2D eigenvalue weighted by molar-refractivity contribution is 7.92. The van der Waals surface area contributed by atoms with Crippen molar-refractivity contribution >= 4 is 21.7 Å². The van der Waals surface area contributed by atoms with Crippen LogP contribution in [0, 0.1) is 17.8 Å². The van der Waals surface area contributed by atoms with Gasteiger partial charge >= 0.3 is 0 Å². The van der Waals surface area contributed by atoms with Gasteiger partial charge in [0.2, 0.25) is 11.8 Å². The van der Waals surface area contributed by atoms with Crippen LogP contribution in [0.2, 0.25) is 0 Å². The Morgan fingerprint density at radius 2 is 1.09 bits per heavy atom. The molecule has 3 saturated heterocycles. The molecule has 7 atom stereocenters. The molecular formula is C34H60N4O4S. The maximum atomic E-state index is 12.9. The van der Waals surface area contributed by atoms with Crippen molar-refractivity contribution < 1.29 is 18.0 Å². The minimum atomic E-state index is -3.03. The first kappa shape index (κ1) is 33.2. The predicted octanol–water partition coefficient (Wildman–Crippen LogP) is 4.67. The molecule has 3 saturated carbocycles. The molecule has 6 aliphatic rings. The molecule has 3 heterocycles. The predicted molar refractivity (Wildman–Crippen MR) is 172 cm³/mol. The number of hydrogen-bond acceptors (Lipinski definition) is 6. The van der Waals surface area contributed by atoms with Crippen LogP contribution in [-0.4, -0.2) is 92.4 Å². The van der Waals surface area contributed by atoms with E-state index in [1.807, 2.05) is 19.0 Å². The molecule has 2 amide bonds. The summed E-state index contributed by atoms with van der Waals surface area (Å²) in [6, 6.07) is 0.750. The van der Waals surface area contributed by atoms with Crippen LogP contribution in [0.3, 0.4) is 0 Å². The van der Waals surface area contributed by atoms with Gasteiger partial charge in [0.25, 0.3) is 0 Å². The minimum Gasteiger partial charge on any atom is -0.338 e. The largest absolute Gasteiger partial charge is 0.338 e. The van der Waals surface area contributed by atoms with Crippen molar-refractivity contribution in [3.63, 3.8) is 0 Å². The van der Waals surface area contributed by atoms with E-state index in [0.29, 0.717) is 36.6 Å². The van der Waals surface area contributed by atoms with Gasteiger partial charge in [0.05, 0.1) is 23.1 Å². The second kappa shape index (κ2) is 15.4.